The Labute approximate surface area is 93.4 Å². The smallest absolute Gasteiger partial charge is 0.305 e. The van der Waals surface area contributed by atoms with Crippen molar-refractivity contribution in [2.45, 2.75) is 59.5 Å². The third-order valence-corrected chi connectivity index (χ3v) is 3.53. The zero-order valence-corrected chi connectivity index (χ0v) is 10.5. The number of carbonyl (C=O) groups excluding carboxylic acids is 1. The quantitative estimate of drug-likeness (QED) is 0.670. The number of esters is 1. The van der Waals surface area contributed by atoms with Gasteiger partial charge in [-0.25, -0.2) is 0 Å². The normalized spacial score (nSPS) is 31.7. The summed E-state index contributed by atoms with van der Waals surface area (Å²) in [5.41, 5.74) is 0. The van der Waals surface area contributed by atoms with Gasteiger partial charge in [-0.2, -0.15) is 0 Å². The van der Waals surface area contributed by atoms with Crippen LogP contribution in [0.25, 0.3) is 0 Å². The summed E-state index contributed by atoms with van der Waals surface area (Å²) >= 11 is 0. The third kappa shape index (κ3) is 3.51. The fourth-order valence-corrected chi connectivity index (χ4v) is 2.50. The minimum atomic E-state index is -0.0419. The van der Waals surface area contributed by atoms with E-state index in [1.807, 2.05) is 6.92 Å². The highest BCUT2D eigenvalue weighted by Gasteiger charge is 2.32. The summed E-state index contributed by atoms with van der Waals surface area (Å²) in [6.45, 7) is 8.57. The second kappa shape index (κ2) is 5.53. The van der Waals surface area contributed by atoms with Crippen LogP contribution >= 0.6 is 0 Å². The van der Waals surface area contributed by atoms with E-state index >= 15 is 0 Å². The van der Waals surface area contributed by atoms with Gasteiger partial charge >= 0.3 is 5.97 Å². The van der Waals surface area contributed by atoms with E-state index in [-0.39, 0.29) is 12.1 Å². The van der Waals surface area contributed by atoms with Gasteiger partial charge in [0.25, 0.3) is 0 Å². The molecule has 0 aromatic rings. The van der Waals surface area contributed by atoms with Crippen molar-refractivity contribution in [2.24, 2.45) is 17.8 Å². The molecular weight excluding hydrogens is 188 g/mol. The van der Waals surface area contributed by atoms with Crippen LogP contribution in [0.1, 0.15) is 53.4 Å². The molecule has 3 atom stereocenters. The molecule has 1 aliphatic carbocycles. The minimum absolute atomic E-state index is 0.0419. The highest BCUT2D eigenvalue weighted by Crippen LogP contribution is 2.35. The van der Waals surface area contributed by atoms with Crippen LogP contribution in [0.15, 0.2) is 0 Å². The second-order valence-electron chi connectivity index (χ2n) is 5.21. The lowest BCUT2D eigenvalue weighted by molar-refractivity contribution is -0.155. The third-order valence-electron chi connectivity index (χ3n) is 3.53. The van der Waals surface area contributed by atoms with Crippen molar-refractivity contribution in [1.82, 2.24) is 0 Å². The van der Waals surface area contributed by atoms with Crippen LogP contribution in [-0.2, 0) is 9.53 Å². The summed E-state index contributed by atoms with van der Waals surface area (Å²) in [6, 6.07) is 0. The molecule has 0 saturated heterocycles. The molecule has 0 aromatic heterocycles. The molecule has 0 N–H and O–H groups in total. The topological polar surface area (TPSA) is 26.3 Å². The van der Waals surface area contributed by atoms with Crippen molar-refractivity contribution < 1.29 is 9.53 Å². The van der Waals surface area contributed by atoms with E-state index in [0.717, 1.165) is 6.42 Å². The molecule has 0 aliphatic heterocycles. The fraction of sp³-hybridized carbons (Fsp3) is 0.923. The van der Waals surface area contributed by atoms with Gasteiger partial charge in [0.2, 0.25) is 0 Å². The lowest BCUT2D eigenvalue weighted by atomic mass is 9.75. The predicted molar refractivity (Wildman–Crippen MR) is 61.5 cm³/mol. The van der Waals surface area contributed by atoms with E-state index in [1.54, 1.807) is 0 Å². The molecule has 2 nitrogen and oxygen atoms in total. The lowest BCUT2D eigenvalue weighted by Gasteiger charge is -2.36. The SMILES string of the molecule is CCC(=O)O[C@H]1C[C@H](C)CC[C@@H]1C(C)C. The molecule has 15 heavy (non-hydrogen) atoms. The molecule has 2 heteroatoms. The van der Waals surface area contributed by atoms with Crippen molar-refractivity contribution in [3.8, 4) is 0 Å². The molecule has 0 bridgehead atoms. The Hall–Kier alpha value is -0.530. The van der Waals surface area contributed by atoms with Crippen LogP contribution in [-0.4, -0.2) is 12.1 Å². The van der Waals surface area contributed by atoms with E-state index in [1.165, 1.54) is 12.8 Å². The number of carbonyl (C=O) groups is 1. The highest BCUT2D eigenvalue weighted by atomic mass is 16.5. The van der Waals surface area contributed by atoms with Crippen LogP contribution in [0, 0.1) is 17.8 Å². The lowest BCUT2D eigenvalue weighted by Crippen LogP contribution is -2.35. The Morgan fingerprint density at radius 3 is 2.60 bits per heavy atom. The molecule has 1 fully saturated rings. The molecule has 0 unspecified atom stereocenters. The van der Waals surface area contributed by atoms with Gasteiger partial charge in [0.1, 0.15) is 6.10 Å². The number of rotatable bonds is 3. The molecule has 88 valence electrons. The molecule has 1 saturated carbocycles. The number of hydrogen-bond acceptors (Lipinski definition) is 2. The van der Waals surface area contributed by atoms with E-state index < -0.39 is 0 Å². The predicted octanol–water partition coefficient (Wildman–Crippen LogP) is 3.40. The van der Waals surface area contributed by atoms with Crippen LogP contribution in [0.4, 0.5) is 0 Å². The average molecular weight is 212 g/mol. The first kappa shape index (κ1) is 12.5. The van der Waals surface area contributed by atoms with Crippen LogP contribution in [0.5, 0.6) is 0 Å². The van der Waals surface area contributed by atoms with Gasteiger partial charge in [-0.05, 0) is 30.6 Å². The minimum Gasteiger partial charge on any atom is -0.462 e. The summed E-state index contributed by atoms with van der Waals surface area (Å²) < 4.78 is 5.55. The Balaban J connectivity index is 2.57. The summed E-state index contributed by atoms with van der Waals surface area (Å²) in [5.74, 6) is 1.85. The van der Waals surface area contributed by atoms with Gasteiger partial charge in [0.05, 0.1) is 0 Å². The van der Waals surface area contributed by atoms with Gasteiger partial charge in [-0.15, -0.1) is 0 Å². The van der Waals surface area contributed by atoms with Crippen LogP contribution in [0.2, 0.25) is 0 Å². The second-order valence-corrected chi connectivity index (χ2v) is 5.21. The zero-order valence-electron chi connectivity index (χ0n) is 10.5. The van der Waals surface area contributed by atoms with Crippen molar-refractivity contribution >= 4 is 5.97 Å². The van der Waals surface area contributed by atoms with Crippen LogP contribution < -0.4 is 0 Å². The molecule has 0 aromatic carbocycles. The first-order valence-corrected chi connectivity index (χ1v) is 6.24. The maximum Gasteiger partial charge on any atom is 0.305 e. The van der Waals surface area contributed by atoms with E-state index in [2.05, 4.69) is 20.8 Å². The summed E-state index contributed by atoms with van der Waals surface area (Å²) in [6.07, 6.45) is 4.20. The van der Waals surface area contributed by atoms with E-state index in [0.29, 0.717) is 24.2 Å². The van der Waals surface area contributed by atoms with Crippen molar-refractivity contribution in [2.75, 3.05) is 0 Å². The number of hydrogen-bond donors (Lipinski definition) is 0. The number of ether oxygens (including phenoxy) is 1. The monoisotopic (exact) mass is 212 g/mol. The van der Waals surface area contributed by atoms with E-state index in [4.69, 9.17) is 4.74 Å². The van der Waals surface area contributed by atoms with Gasteiger partial charge in [-0.1, -0.05) is 34.1 Å². The standard InChI is InChI=1S/C13H24O2/c1-5-13(14)15-12-8-10(4)6-7-11(12)9(2)3/h9-12H,5-8H2,1-4H3/t10-,11-,12+/m1/s1. The van der Waals surface area contributed by atoms with Crippen molar-refractivity contribution in [3.05, 3.63) is 0 Å². The van der Waals surface area contributed by atoms with Crippen molar-refractivity contribution in [1.29, 1.82) is 0 Å². The molecule has 0 spiro atoms. The van der Waals surface area contributed by atoms with Gasteiger partial charge in [0, 0.05) is 6.42 Å². The highest BCUT2D eigenvalue weighted by molar-refractivity contribution is 5.69. The molecule has 0 heterocycles. The Morgan fingerprint density at radius 1 is 1.40 bits per heavy atom. The molecule has 0 amide bonds. The Morgan fingerprint density at radius 2 is 2.07 bits per heavy atom. The first-order valence-electron chi connectivity index (χ1n) is 6.24. The summed E-state index contributed by atoms with van der Waals surface area (Å²) in [5, 5.41) is 0. The maximum atomic E-state index is 11.3. The summed E-state index contributed by atoms with van der Waals surface area (Å²) in [7, 11) is 0. The molecular formula is C13H24O2. The molecule has 1 aliphatic rings. The van der Waals surface area contributed by atoms with E-state index in [9.17, 15) is 4.79 Å². The molecule has 0 radical (unpaired) electrons. The Bertz CT molecular complexity index is 211. The van der Waals surface area contributed by atoms with Gasteiger partial charge in [-0.3, -0.25) is 4.79 Å². The average Bonchev–Trinajstić information content (AvgIpc) is 2.17. The largest absolute Gasteiger partial charge is 0.462 e. The van der Waals surface area contributed by atoms with Crippen LogP contribution in [0.3, 0.4) is 0 Å². The zero-order chi connectivity index (χ0) is 11.4. The van der Waals surface area contributed by atoms with Gasteiger partial charge < -0.3 is 4.74 Å². The maximum absolute atomic E-state index is 11.3. The van der Waals surface area contributed by atoms with Crippen molar-refractivity contribution in [3.63, 3.8) is 0 Å². The first-order chi connectivity index (χ1) is 7.04. The molecule has 1 rings (SSSR count). The van der Waals surface area contributed by atoms with Gasteiger partial charge in [0.15, 0.2) is 0 Å². The Kier molecular flexibility index (Phi) is 4.62. The summed E-state index contributed by atoms with van der Waals surface area (Å²) in [4.78, 5) is 11.3. The fourth-order valence-electron chi connectivity index (χ4n) is 2.50.